The molecule has 1 unspecified atom stereocenters. The number of thiazole rings is 1. The maximum absolute atomic E-state index is 12.6. The van der Waals surface area contributed by atoms with E-state index in [0.717, 1.165) is 37.3 Å². The van der Waals surface area contributed by atoms with Crippen LogP contribution in [-0.4, -0.2) is 48.8 Å². The Labute approximate surface area is 145 Å². The van der Waals surface area contributed by atoms with Crippen molar-refractivity contribution in [3.05, 3.63) is 27.7 Å². The summed E-state index contributed by atoms with van der Waals surface area (Å²) >= 11 is 1.62. The van der Waals surface area contributed by atoms with Gasteiger partial charge in [-0.1, -0.05) is 0 Å². The van der Waals surface area contributed by atoms with E-state index in [4.69, 9.17) is 0 Å². The predicted molar refractivity (Wildman–Crippen MR) is 90.7 cm³/mol. The van der Waals surface area contributed by atoms with Crippen LogP contribution in [0.25, 0.3) is 0 Å². The van der Waals surface area contributed by atoms with Gasteiger partial charge in [0.1, 0.15) is 12.4 Å². The van der Waals surface area contributed by atoms with Crippen LogP contribution in [0, 0.1) is 6.92 Å². The summed E-state index contributed by atoms with van der Waals surface area (Å²) in [4.78, 5) is 19.9. The molecule has 1 atom stereocenters. The van der Waals surface area contributed by atoms with Crippen molar-refractivity contribution >= 4 is 17.2 Å². The van der Waals surface area contributed by atoms with Gasteiger partial charge in [0.05, 0.1) is 11.2 Å². The molecular weight excluding hydrogens is 326 g/mol. The molecular formula is C16H23N5O2S. The van der Waals surface area contributed by atoms with Crippen molar-refractivity contribution in [2.45, 2.75) is 45.1 Å². The number of carbonyl (C=O) groups is 1. The molecule has 8 heteroatoms. The number of rotatable bonds is 5. The van der Waals surface area contributed by atoms with Crippen LogP contribution in [-0.2, 0) is 24.9 Å². The molecule has 1 saturated heterocycles. The summed E-state index contributed by atoms with van der Waals surface area (Å²) < 4.78 is 1.85. The minimum Gasteiger partial charge on any atom is -0.388 e. The molecule has 7 nitrogen and oxygen atoms in total. The van der Waals surface area contributed by atoms with Crippen molar-refractivity contribution < 1.29 is 9.90 Å². The molecule has 1 aliphatic rings. The van der Waals surface area contributed by atoms with Crippen LogP contribution < -0.4 is 0 Å². The molecule has 24 heavy (non-hydrogen) atoms. The molecule has 1 aliphatic heterocycles. The van der Waals surface area contributed by atoms with E-state index in [0.29, 0.717) is 18.8 Å². The standard InChI is InChI=1S/C16H23N5O2S/c1-11-13(24-10-17-11)5-6-15(23)21-7-3-4-12(8-21)16-19-18-14(9-22)20(16)2/h10,12,22H,3-9H2,1-2H3. The van der Waals surface area contributed by atoms with E-state index in [1.165, 1.54) is 4.88 Å². The van der Waals surface area contributed by atoms with Gasteiger partial charge < -0.3 is 14.6 Å². The molecule has 0 aliphatic carbocycles. The second kappa shape index (κ2) is 7.40. The Balaban J connectivity index is 1.61. The topological polar surface area (TPSA) is 84.1 Å². The summed E-state index contributed by atoms with van der Waals surface area (Å²) in [6, 6.07) is 0. The Morgan fingerprint density at radius 3 is 2.96 bits per heavy atom. The van der Waals surface area contributed by atoms with Gasteiger partial charge >= 0.3 is 0 Å². The third-order valence-corrected chi connectivity index (χ3v) is 5.69. The molecule has 1 fully saturated rings. The lowest BCUT2D eigenvalue weighted by Crippen LogP contribution is -2.39. The van der Waals surface area contributed by atoms with Crippen molar-refractivity contribution in [3.63, 3.8) is 0 Å². The van der Waals surface area contributed by atoms with Crippen molar-refractivity contribution in [1.82, 2.24) is 24.6 Å². The summed E-state index contributed by atoms with van der Waals surface area (Å²) in [5, 5.41) is 17.5. The van der Waals surface area contributed by atoms with Crippen molar-refractivity contribution in [2.75, 3.05) is 13.1 Å². The monoisotopic (exact) mass is 349 g/mol. The maximum atomic E-state index is 12.6. The van der Waals surface area contributed by atoms with Crippen LogP contribution in [0.5, 0.6) is 0 Å². The summed E-state index contributed by atoms with van der Waals surface area (Å²) in [6.07, 6.45) is 3.25. The van der Waals surface area contributed by atoms with Gasteiger partial charge in [-0.05, 0) is 26.2 Å². The predicted octanol–water partition coefficient (Wildman–Crippen LogP) is 1.41. The van der Waals surface area contributed by atoms with Crippen molar-refractivity contribution in [1.29, 1.82) is 0 Å². The molecule has 0 bridgehead atoms. The SMILES string of the molecule is Cc1ncsc1CCC(=O)N1CCCC(c2nnc(CO)n2C)C1. The Morgan fingerprint density at radius 2 is 2.29 bits per heavy atom. The molecule has 0 radical (unpaired) electrons. The van der Waals surface area contributed by atoms with Crippen LogP contribution in [0.1, 0.15) is 47.4 Å². The first-order chi connectivity index (χ1) is 11.6. The number of aliphatic hydroxyl groups excluding tert-OH is 1. The average Bonchev–Trinajstić information content (AvgIpc) is 3.18. The molecule has 0 spiro atoms. The van der Waals surface area contributed by atoms with Crippen LogP contribution >= 0.6 is 11.3 Å². The number of amides is 1. The van der Waals surface area contributed by atoms with E-state index >= 15 is 0 Å². The van der Waals surface area contributed by atoms with E-state index in [9.17, 15) is 9.90 Å². The minimum atomic E-state index is -0.118. The van der Waals surface area contributed by atoms with Gasteiger partial charge in [-0.25, -0.2) is 4.98 Å². The van der Waals surface area contributed by atoms with Crippen LogP contribution in [0.4, 0.5) is 0 Å². The fourth-order valence-corrected chi connectivity index (χ4v) is 4.01. The lowest BCUT2D eigenvalue weighted by molar-refractivity contribution is -0.132. The molecule has 130 valence electrons. The largest absolute Gasteiger partial charge is 0.388 e. The van der Waals surface area contributed by atoms with Crippen LogP contribution in [0.2, 0.25) is 0 Å². The molecule has 3 heterocycles. The normalized spacial score (nSPS) is 18.1. The lowest BCUT2D eigenvalue weighted by Gasteiger charge is -2.32. The van der Waals surface area contributed by atoms with E-state index in [-0.39, 0.29) is 18.4 Å². The van der Waals surface area contributed by atoms with E-state index < -0.39 is 0 Å². The summed E-state index contributed by atoms with van der Waals surface area (Å²) in [5.74, 6) is 1.80. The van der Waals surface area contributed by atoms with Gasteiger partial charge in [0, 0.05) is 37.4 Å². The molecule has 1 N–H and O–H groups in total. The quantitative estimate of drug-likeness (QED) is 0.882. The van der Waals surface area contributed by atoms with Gasteiger partial charge in [0.25, 0.3) is 0 Å². The number of carbonyl (C=O) groups excluding carboxylic acids is 1. The fourth-order valence-electron chi connectivity index (χ4n) is 3.23. The summed E-state index contributed by atoms with van der Waals surface area (Å²) in [6.45, 7) is 3.35. The maximum Gasteiger partial charge on any atom is 0.222 e. The van der Waals surface area contributed by atoms with Crippen LogP contribution in [0.15, 0.2) is 5.51 Å². The first-order valence-electron chi connectivity index (χ1n) is 8.26. The van der Waals surface area contributed by atoms with Gasteiger partial charge in [0.15, 0.2) is 5.82 Å². The lowest BCUT2D eigenvalue weighted by atomic mass is 9.96. The van der Waals surface area contributed by atoms with Gasteiger partial charge in [-0.3, -0.25) is 4.79 Å². The van der Waals surface area contributed by atoms with E-state index in [2.05, 4.69) is 15.2 Å². The van der Waals surface area contributed by atoms with Gasteiger partial charge in [-0.2, -0.15) is 0 Å². The Kier molecular flexibility index (Phi) is 5.25. The third kappa shape index (κ3) is 3.49. The van der Waals surface area contributed by atoms with Crippen molar-refractivity contribution in [3.8, 4) is 0 Å². The molecule has 2 aromatic heterocycles. The molecule has 3 rings (SSSR count). The van der Waals surface area contributed by atoms with Gasteiger partial charge in [0.2, 0.25) is 5.91 Å². The second-order valence-electron chi connectivity index (χ2n) is 6.23. The number of aliphatic hydroxyl groups is 1. The molecule has 2 aromatic rings. The Hall–Kier alpha value is -1.80. The van der Waals surface area contributed by atoms with Crippen LogP contribution in [0.3, 0.4) is 0 Å². The smallest absolute Gasteiger partial charge is 0.222 e. The third-order valence-electron chi connectivity index (χ3n) is 4.69. The zero-order valence-electron chi connectivity index (χ0n) is 14.1. The number of nitrogens with zero attached hydrogens (tertiary/aromatic N) is 5. The first-order valence-corrected chi connectivity index (χ1v) is 9.14. The number of hydrogen-bond donors (Lipinski definition) is 1. The molecule has 1 amide bonds. The fraction of sp³-hybridized carbons (Fsp3) is 0.625. The van der Waals surface area contributed by atoms with Crippen molar-refractivity contribution in [2.24, 2.45) is 7.05 Å². The second-order valence-corrected chi connectivity index (χ2v) is 7.17. The number of aryl methyl sites for hydroxylation is 2. The number of aromatic nitrogens is 4. The number of likely N-dealkylation sites (tertiary alicyclic amines) is 1. The zero-order valence-corrected chi connectivity index (χ0v) is 14.9. The highest BCUT2D eigenvalue weighted by atomic mass is 32.1. The first kappa shape index (κ1) is 17.0. The Bertz CT molecular complexity index is 711. The summed E-state index contributed by atoms with van der Waals surface area (Å²) in [7, 11) is 1.87. The molecule has 0 saturated carbocycles. The summed E-state index contributed by atoms with van der Waals surface area (Å²) in [5.41, 5.74) is 2.86. The highest BCUT2D eigenvalue weighted by Crippen LogP contribution is 2.26. The Morgan fingerprint density at radius 1 is 1.46 bits per heavy atom. The average molecular weight is 349 g/mol. The highest BCUT2D eigenvalue weighted by molar-refractivity contribution is 7.09. The number of piperidine rings is 1. The minimum absolute atomic E-state index is 0.118. The van der Waals surface area contributed by atoms with Gasteiger partial charge in [-0.15, -0.1) is 21.5 Å². The zero-order chi connectivity index (χ0) is 17.1. The van der Waals surface area contributed by atoms with E-state index in [1.807, 2.05) is 28.9 Å². The highest BCUT2D eigenvalue weighted by Gasteiger charge is 2.28. The molecule has 0 aromatic carbocycles. The number of hydrogen-bond acceptors (Lipinski definition) is 6. The van der Waals surface area contributed by atoms with E-state index in [1.54, 1.807) is 11.3 Å².